The van der Waals surface area contributed by atoms with Crippen LogP contribution in [0, 0.1) is 0 Å². The second kappa shape index (κ2) is 4.21. The Hall–Kier alpha value is -1.43. The lowest BCUT2D eigenvalue weighted by atomic mass is 10.1. The van der Waals surface area contributed by atoms with Gasteiger partial charge in [0.2, 0.25) is 0 Å². The van der Waals surface area contributed by atoms with Crippen molar-refractivity contribution in [2.45, 2.75) is 6.18 Å². The van der Waals surface area contributed by atoms with Gasteiger partial charge in [-0.1, -0.05) is 11.6 Å². The molecule has 0 radical (unpaired) electrons. The molecule has 3 nitrogen and oxygen atoms in total. The molecule has 0 bridgehead atoms. The zero-order valence-electron chi connectivity index (χ0n) is 8.06. The highest BCUT2D eigenvalue weighted by Crippen LogP contribution is 2.38. The number of carbonyl (C=O) groups is 1. The summed E-state index contributed by atoms with van der Waals surface area (Å²) in [6, 6.07) is 1.61. The molecule has 0 spiro atoms. The van der Waals surface area contributed by atoms with Gasteiger partial charge in [-0.25, -0.2) is 4.79 Å². The zero-order chi connectivity index (χ0) is 12.5. The highest BCUT2D eigenvalue weighted by atomic mass is 35.5. The number of anilines is 1. The molecule has 7 heteroatoms. The summed E-state index contributed by atoms with van der Waals surface area (Å²) in [4.78, 5) is 11.1. The third kappa shape index (κ3) is 2.21. The fourth-order valence-corrected chi connectivity index (χ4v) is 1.35. The largest absolute Gasteiger partial charge is 0.465 e. The van der Waals surface area contributed by atoms with E-state index in [0.717, 1.165) is 13.2 Å². The molecule has 0 fully saturated rings. The molecular weight excluding hydrogens is 247 g/mol. The summed E-state index contributed by atoms with van der Waals surface area (Å²) in [6.45, 7) is 0. The molecule has 0 heterocycles. The van der Waals surface area contributed by atoms with Crippen molar-refractivity contribution < 1.29 is 22.7 Å². The van der Waals surface area contributed by atoms with Gasteiger partial charge in [0, 0.05) is 0 Å². The van der Waals surface area contributed by atoms with Crippen molar-refractivity contribution in [3.8, 4) is 0 Å². The Morgan fingerprint density at radius 1 is 1.44 bits per heavy atom. The van der Waals surface area contributed by atoms with E-state index in [-0.39, 0.29) is 5.56 Å². The lowest BCUT2D eigenvalue weighted by Gasteiger charge is -2.12. The number of ether oxygens (including phenoxy) is 1. The predicted octanol–water partition coefficient (Wildman–Crippen LogP) is 2.73. The summed E-state index contributed by atoms with van der Waals surface area (Å²) >= 11 is 5.55. The van der Waals surface area contributed by atoms with Gasteiger partial charge in [0.25, 0.3) is 0 Å². The van der Waals surface area contributed by atoms with Gasteiger partial charge in [0.1, 0.15) is 0 Å². The summed E-state index contributed by atoms with van der Waals surface area (Å²) in [5.41, 5.74) is 3.24. The molecule has 0 saturated carbocycles. The van der Waals surface area contributed by atoms with Crippen LogP contribution in [0.3, 0.4) is 0 Å². The second-order valence-corrected chi connectivity index (χ2v) is 3.26. The van der Waals surface area contributed by atoms with Crippen LogP contribution in [0.2, 0.25) is 5.02 Å². The molecule has 0 atom stereocenters. The smallest absolute Gasteiger partial charge is 0.418 e. The van der Waals surface area contributed by atoms with Gasteiger partial charge < -0.3 is 10.5 Å². The van der Waals surface area contributed by atoms with Crippen LogP contribution in [0.5, 0.6) is 0 Å². The number of rotatable bonds is 1. The minimum absolute atomic E-state index is 0.199. The Labute approximate surface area is 93.9 Å². The van der Waals surface area contributed by atoms with Crippen LogP contribution in [-0.4, -0.2) is 13.1 Å². The molecule has 0 aromatic heterocycles. The maximum Gasteiger partial charge on any atom is 0.418 e. The van der Waals surface area contributed by atoms with Gasteiger partial charge >= 0.3 is 12.1 Å². The SMILES string of the molecule is COC(=O)c1ccc(C(F)(F)F)c(N)c1Cl. The lowest BCUT2D eigenvalue weighted by Crippen LogP contribution is -2.12. The summed E-state index contributed by atoms with van der Waals surface area (Å²) in [5, 5.41) is -0.457. The minimum atomic E-state index is -4.61. The Bertz CT molecular complexity index is 431. The van der Waals surface area contributed by atoms with E-state index in [9.17, 15) is 18.0 Å². The maximum absolute atomic E-state index is 12.4. The quantitative estimate of drug-likeness (QED) is 0.618. The molecule has 0 saturated heterocycles. The highest BCUT2D eigenvalue weighted by molar-refractivity contribution is 6.36. The summed E-state index contributed by atoms with van der Waals surface area (Å²) in [6.07, 6.45) is -4.61. The molecule has 0 aliphatic heterocycles. The molecule has 1 aromatic rings. The third-order valence-electron chi connectivity index (χ3n) is 1.89. The van der Waals surface area contributed by atoms with Crippen LogP contribution in [-0.2, 0) is 10.9 Å². The first-order valence-corrected chi connectivity index (χ1v) is 4.40. The summed E-state index contributed by atoms with van der Waals surface area (Å²) in [5.74, 6) is -0.842. The van der Waals surface area contributed by atoms with Gasteiger partial charge in [0.05, 0.1) is 28.9 Å². The number of esters is 1. The van der Waals surface area contributed by atoms with E-state index < -0.39 is 28.4 Å². The normalized spacial score (nSPS) is 11.3. The van der Waals surface area contributed by atoms with Crippen molar-refractivity contribution in [1.82, 2.24) is 0 Å². The Balaban J connectivity index is 3.35. The van der Waals surface area contributed by atoms with Gasteiger partial charge in [-0.2, -0.15) is 13.2 Å². The van der Waals surface area contributed by atoms with Crippen LogP contribution in [0.25, 0.3) is 0 Å². The van der Waals surface area contributed by atoms with E-state index in [1.807, 2.05) is 0 Å². The van der Waals surface area contributed by atoms with E-state index >= 15 is 0 Å². The molecule has 0 aliphatic rings. The number of benzene rings is 1. The first-order valence-electron chi connectivity index (χ1n) is 4.02. The number of nitrogen functional groups attached to an aromatic ring is 1. The first-order chi connectivity index (χ1) is 7.29. The Morgan fingerprint density at radius 2 is 2.00 bits per heavy atom. The average Bonchev–Trinajstić information content (AvgIpc) is 2.19. The fourth-order valence-electron chi connectivity index (χ4n) is 1.11. The van der Waals surface area contributed by atoms with Gasteiger partial charge in [0.15, 0.2) is 0 Å². The van der Waals surface area contributed by atoms with E-state index in [1.54, 1.807) is 0 Å². The number of hydrogen-bond acceptors (Lipinski definition) is 3. The average molecular weight is 254 g/mol. The molecule has 0 aliphatic carbocycles. The van der Waals surface area contributed by atoms with Crippen LogP contribution < -0.4 is 5.73 Å². The zero-order valence-corrected chi connectivity index (χ0v) is 8.82. The van der Waals surface area contributed by atoms with Crippen molar-refractivity contribution >= 4 is 23.3 Å². The van der Waals surface area contributed by atoms with Gasteiger partial charge in [-0.15, -0.1) is 0 Å². The van der Waals surface area contributed by atoms with Crippen molar-refractivity contribution in [3.05, 3.63) is 28.3 Å². The van der Waals surface area contributed by atoms with Gasteiger partial charge in [-0.3, -0.25) is 0 Å². The second-order valence-electron chi connectivity index (χ2n) is 2.88. The Kier molecular flexibility index (Phi) is 3.32. The third-order valence-corrected chi connectivity index (χ3v) is 2.30. The van der Waals surface area contributed by atoms with Gasteiger partial charge in [-0.05, 0) is 12.1 Å². The van der Waals surface area contributed by atoms with Crippen molar-refractivity contribution in [2.75, 3.05) is 12.8 Å². The highest BCUT2D eigenvalue weighted by Gasteiger charge is 2.34. The standard InChI is InChI=1S/C9H7ClF3NO2/c1-16-8(15)4-2-3-5(9(11,12)13)7(14)6(4)10/h2-3H,14H2,1H3. The maximum atomic E-state index is 12.4. The monoisotopic (exact) mass is 253 g/mol. The molecule has 1 rings (SSSR count). The van der Waals surface area contributed by atoms with E-state index in [4.69, 9.17) is 17.3 Å². The molecule has 0 amide bonds. The van der Waals surface area contributed by atoms with Crippen LogP contribution in [0.1, 0.15) is 15.9 Å². The van der Waals surface area contributed by atoms with E-state index in [0.29, 0.717) is 6.07 Å². The number of hydrogen-bond donors (Lipinski definition) is 1. The van der Waals surface area contributed by atoms with E-state index in [1.165, 1.54) is 0 Å². The van der Waals surface area contributed by atoms with Crippen LogP contribution >= 0.6 is 11.6 Å². The molecule has 16 heavy (non-hydrogen) atoms. The number of alkyl halides is 3. The van der Waals surface area contributed by atoms with E-state index in [2.05, 4.69) is 4.74 Å². The van der Waals surface area contributed by atoms with Crippen molar-refractivity contribution in [3.63, 3.8) is 0 Å². The van der Waals surface area contributed by atoms with Crippen LogP contribution in [0.15, 0.2) is 12.1 Å². The van der Waals surface area contributed by atoms with Crippen molar-refractivity contribution in [1.29, 1.82) is 0 Å². The summed E-state index contributed by atoms with van der Waals surface area (Å²) < 4.78 is 41.5. The molecular formula is C9H7ClF3NO2. The van der Waals surface area contributed by atoms with Crippen LogP contribution in [0.4, 0.5) is 18.9 Å². The fraction of sp³-hybridized carbons (Fsp3) is 0.222. The number of nitrogens with two attached hydrogens (primary N) is 1. The lowest BCUT2D eigenvalue weighted by molar-refractivity contribution is -0.136. The Morgan fingerprint density at radius 3 is 2.44 bits per heavy atom. The topological polar surface area (TPSA) is 52.3 Å². The van der Waals surface area contributed by atoms with Crippen molar-refractivity contribution in [2.24, 2.45) is 0 Å². The summed E-state index contributed by atoms with van der Waals surface area (Å²) in [7, 11) is 1.09. The molecule has 0 unspecified atom stereocenters. The number of halogens is 4. The molecule has 2 N–H and O–H groups in total. The number of methoxy groups -OCH3 is 1. The predicted molar refractivity (Wildman–Crippen MR) is 52.2 cm³/mol. The molecule has 88 valence electrons. The molecule has 1 aromatic carbocycles. The first kappa shape index (κ1) is 12.6. The minimum Gasteiger partial charge on any atom is -0.465 e. The number of carbonyl (C=O) groups excluding carboxylic acids is 1.